The number of hydrogen-bond donors (Lipinski definition) is 1. The van der Waals surface area contributed by atoms with Crippen molar-refractivity contribution in [1.82, 2.24) is 0 Å². The minimum absolute atomic E-state index is 0.0609. The van der Waals surface area contributed by atoms with Crippen molar-refractivity contribution in [3.05, 3.63) is 57.7 Å². The Morgan fingerprint density at radius 3 is 2.40 bits per heavy atom. The first-order valence-electron chi connectivity index (χ1n) is 6.38. The zero-order valence-corrected chi connectivity index (χ0v) is 14.2. The van der Waals surface area contributed by atoms with Crippen LogP contribution >= 0.6 is 34.4 Å². The number of rotatable bonds is 5. The molecule has 0 aromatic heterocycles. The molecule has 0 unspecified atom stereocenters. The van der Waals surface area contributed by atoms with Gasteiger partial charge < -0.3 is 5.32 Å². The highest BCUT2D eigenvalue weighted by molar-refractivity contribution is 14.1. The zero-order valence-electron chi connectivity index (χ0n) is 11.2. The van der Waals surface area contributed by atoms with Crippen LogP contribution in [0.4, 0.5) is 5.69 Å². The number of thioether (sulfide) groups is 1. The minimum Gasteiger partial charge on any atom is -0.326 e. The number of nitrogens with one attached hydrogen (secondary N) is 1. The van der Waals surface area contributed by atoms with Crippen molar-refractivity contribution in [2.45, 2.75) is 18.2 Å². The molecule has 0 fully saturated rings. The number of anilines is 1. The van der Waals surface area contributed by atoms with Gasteiger partial charge in [-0.2, -0.15) is 0 Å². The second kappa shape index (κ2) is 7.69. The molecule has 104 valence electrons. The van der Waals surface area contributed by atoms with Crippen LogP contribution in [0.5, 0.6) is 0 Å². The molecule has 2 aromatic rings. The van der Waals surface area contributed by atoms with Gasteiger partial charge in [0.15, 0.2) is 0 Å². The van der Waals surface area contributed by atoms with Crippen LogP contribution in [0.15, 0.2) is 53.4 Å². The van der Waals surface area contributed by atoms with Crippen LogP contribution in [0.25, 0.3) is 0 Å². The van der Waals surface area contributed by atoms with Crippen molar-refractivity contribution in [3.63, 3.8) is 0 Å². The van der Waals surface area contributed by atoms with Gasteiger partial charge in [-0.15, -0.1) is 11.8 Å². The van der Waals surface area contributed by atoms with Crippen molar-refractivity contribution >= 4 is 45.9 Å². The van der Waals surface area contributed by atoms with Crippen molar-refractivity contribution in [1.29, 1.82) is 0 Å². The second-order valence-electron chi connectivity index (χ2n) is 4.47. The van der Waals surface area contributed by atoms with E-state index in [-0.39, 0.29) is 5.91 Å². The van der Waals surface area contributed by atoms with E-state index in [2.05, 4.69) is 59.1 Å². The van der Waals surface area contributed by atoms with Gasteiger partial charge in [0.1, 0.15) is 0 Å². The number of halogens is 1. The van der Waals surface area contributed by atoms with E-state index in [4.69, 9.17) is 0 Å². The summed E-state index contributed by atoms with van der Waals surface area (Å²) in [5.74, 6) is 0.852. The van der Waals surface area contributed by atoms with E-state index in [0.29, 0.717) is 6.42 Å². The third-order valence-corrected chi connectivity index (χ3v) is 4.48. The third kappa shape index (κ3) is 5.17. The van der Waals surface area contributed by atoms with E-state index in [1.807, 2.05) is 24.3 Å². The summed E-state index contributed by atoms with van der Waals surface area (Å²) in [6.45, 7) is 2.07. The van der Waals surface area contributed by atoms with Crippen LogP contribution < -0.4 is 5.32 Å². The maximum absolute atomic E-state index is 11.8. The fraction of sp³-hybridized carbons (Fsp3) is 0.188. The van der Waals surface area contributed by atoms with Gasteiger partial charge >= 0.3 is 0 Å². The van der Waals surface area contributed by atoms with Gasteiger partial charge in [0.05, 0.1) is 0 Å². The molecule has 2 aromatic carbocycles. The monoisotopic (exact) mass is 397 g/mol. The third-order valence-electron chi connectivity index (χ3n) is 2.75. The first-order chi connectivity index (χ1) is 9.63. The van der Waals surface area contributed by atoms with Gasteiger partial charge in [0.2, 0.25) is 5.91 Å². The molecule has 1 amide bonds. The molecule has 0 aliphatic heterocycles. The Hall–Kier alpha value is -1.01. The molecule has 2 nitrogen and oxygen atoms in total. The molecular weight excluding hydrogens is 381 g/mol. The lowest BCUT2D eigenvalue weighted by atomic mass is 10.2. The summed E-state index contributed by atoms with van der Waals surface area (Å²) in [5, 5.41) is 2.91. The normalized spacial score (nSPS) is 10.3. The van der Waals surface area contributed by atoms with Gasteiger partial charge in [-0.05, 0) is 65.9 Å². The molecule has 1 N–H and O–H groups in total. The fourth-order valence-corrected chi connectivity index (χ4v) is 2.86. The maximum Gasteiger partial charge on any atom is 0.225 e. The molecule has 0 heterocycles. The first-order valence-corrected chi connectivity index (χ1v) is 8.45. The summed E-state index contributed by atoms with van der Waals surface area (Å²) in [5.41, 5.74) is 2.11. The van der Waals surface area contributed by atoms with Gasteiger partial charge in [0.25, 0.3) is 0 Å². The summed E-state index contributed by atoms with van der Waals surface area (Å²) >= 11 is 3.95. The lowest BCUT2D eigenvalue weighted by Gasteiger charge is -2.05. The lowest BCUT2D eigenvalue weighted by molar-refractivity contribution is -0.115. The molecule has 0 radical (unpaired) electrons. The zero-order chi connectivity index (χ0) is 14.4. The number of carbonyl (C=O) groups excluding carboxylic acids is 1. The van der Waals surface area contributed by atoms with E-state index in [0.717, 1.165) is 15.0 Å². The van der Waals surface area contributed by atoms with Crippen LogP contribution in [-0.2, 0) is 4.79 Å². The van der Waals surface area contributed by atoms with Crippen molar-refractivity contribution in [2.24, 2.45) is 0 Å². The minimum atomic E-state index is 0.0609. The SMILES string of the molecule is Cc1ccc(SCCC(=O)Nc2ccc(I)cc2)cc1. The standard InChI is InChI=1S/C16H16INOS/c1-12-2-8-15(9-3-12)20-11-10-16(19)18-14-6-4-13(17)5-7-14/h2-9H,10-11H2,1H3,(H,18,19). The van der Waals surface area contributed by atoms with E-state index in [9.17, 15) is 4.79 Å². The van der Waals surface area contributed by atoms with Gasteiger partial charge in [-0.1, -0.05) is 17.7 Å². The van der Waals surface area contributed by atoms with Crippen LogP contribution in [0, 0.1) is 10.5 Å². The number of amides is 1. The van der Waals surface area contributed by atoms with Crippen LogP contribution in [0.2, 0.25) is 0 Å². The number of carbonyl (C=O) groups is 1. The predicted octanol–water partition coefficient (Wildman–Crippen LogP) is 4.72. The maximum atomic E-state index is 11.8. The molecule has 0 bridgehead atoms. The molecule has 0 aliphatic carbocycles. The number of benzene rings is 2. The summed E-state index contributed by atoms with van der Waals surface area (Å²) in [7, 11) is 0. The van der Waals surface area contributed by atoms with Crippen LogP contribution in [0.3, 0.4) is 0 Å². The van der Waals surface area contributed by atoms with Crippen LogP contribution in [0.1, 0.15) is 12.0 Å². The molecular formula is C16H16INOS. The summed E-state index contributed by atoms with van der Waals surface area (Å²) < 4.78 is 1.16. The summed E-state index contributed by atoms with van der Waals surface area (Å²) in [4.78, 5) is 13.0. The topological polar surface area (TPSA) is 29.1 Å². The van der Waals surface area contributed by atoms with Crippen molar-refractivity contribution in [2.75, 3.05) is 11.1 Å². The van der Waals surface area contributed by atoms with Gasteiger partial charge in [-0.25, -0.2) is 0 Å². The molecule has 0 spiro atoms. The average molecular weight is 397 g/mol. The Morgan fingerprint density at radius 1 is 1.10 bits per heavy atom. The fourth-order valence-electron chi connectivity index (χ4n) is 1.65. The Bertz CT molecular complexity index is 566. The first kappa shape index (κ1) is 15.4. The molecule has 0 saturated carbocycles. The van der Waals surface area contributed by atoms with E-state index >= 15 is 0 Å². The Kier molecular flexibility index (Phi) is 5.91. The molecule has 2 rings (SSSR count). The largest absolute Gasteiger partial charge is 0.326 e. The Balaban J connectivity index is 1.75. The van der Waals surface area contributed by atoms with E-state index in [1.165, 1.54) is 10.5 Å². The smallest absolute Gasteiger partial charge is 0.225 e. The van der Waals surface area contributed by atoms with E-state index < -0.39 is 0 Å². The Labute approximate surface area is 137 Å². The van der Waals surface area contributed by atoms with Crippen LogP contribution in [-0.4, -0.2) is 11.7 Å². The van der Waals surface area contributed by atoms with E-state index in [1.54, 1.807) is 11.8 Å². The number of hydrogen-bond acceptors (Lipinski definition) is 2. The quantitative estimate of drug-likeness (QED) is 0.584. The lowest BCUT2D eigenvalue weighted by Crippen LogP contribution is -2.12. The highest BCUT2D eigenvalue weighted by Crippen LogP contribution is 2.19. The predicted molar refractivity (Wildman–Crippen MR) is 94.3 cm³/mol. The summed E-state index contributed by atoms with van der Waals surface area (Å²) in [6, 6.07) is 16.2. The summed E-state index contributed by atoms with van der Waals surface area (Å²) in [6.07, 6.45) is 0.518. The van der Waals surface area contributed by atoms with Crippen molar-refractivity contribution < 1.29 is 4.79 Å². The molecule has 4 heteroatoms. The van der Waals surface area contributed by atoms with Gasteiger partial charge in [0, 0.05) is 26.3 Å². The Morgan fingerprint density at radius 2 is 1.75 bits per heavy atom. The molecule has 0 atom stereocenters. The average Bonchev–Trinajstić information content (AvgIpc) is 2.44. The highest BCUT2D eigenvalue weighted by Gasteiger charge is 2.03. The highest BCUT2D eigenvalue weighted by atomic mass is 127. The van der Waals surface area contributed by atoms with Crippen molar-refractivity contribution in [3.8, 4) is 0 Å². The molecule has 20 heavy (non-hydrogen) atoms. The molecule has 0 saturated heterocycles. The second-order valence-corrected chi connectivity index (χ2v) is 6.88. The van der Waals surface area contributed by atoms with Gasteiger partial charge in [-0.3, -0.25) is 4.79 Å². The molecule has 0 aliphatic rings. The number of aryl methyl sites for hydroxylation is 1.